The maximum absolute atomic E-state index is 12.7. The summed E-state index contributed by atoms with van der Waals surface area (Å²) < 4.78 is 0. The van der Waals surface area contributed by atoms with E-state index in [1.54, 1.807) is 0 Å². The third-order valence-corrected chi connectivity index (χ3v) is 5.82. The van der Waals surface area contributed by atoms with E-state index in [9.17, 15) is 9.90 Å². The Labute approximate surface area is 174 Å². The fraction of sp³-hybridized carbons (Fsp3) is 0.480. The van der Waals surface area contributed by atoms with Crippen molar-refractivity contribution in [3.05, 3.63) is 71.8 Å². The van der Waals surface area contributed by atoms with Crippen LogP contribution in [0, 0.1) is 0 Å². The summed E-state index contributed by atoms with van der Waals surface area (Å²) in [4.78, 5) is 15.0. The van der Waals surface area contributed by atoms with Crippen molar-refractivity contribution in [1.29, 1.82) is 0 Å². The molecule has 0 heterocycles. The van der Waals surface area contributed by atoms with Gasteiger partial charge in [-0.3, -0.25) is 9.69 Å². The Balaban J connectivity index is 1.88. The lowest BCUT2D eigenvalue weighted by Crippen LogP contribution is -2.51. The first-order valence-electron chi connectivity index (χ1n) is 10.9. The van der Waals surface area contributed by atoms with Crippen LogP contribution in [0.2, 0.25) is 0 Å². The number of nitrogens with one attached hydrogen (secondary N) is 1. The van der Waals surface area contributed by atoms with E-state index in [-0.39, 0.29) is 24.0 Å². The number of carbonyl (C=O) groups is 1. The smallest absolute Gasteiger partial charge is 0.250 e. The van der Waals surface area contributed by atoms with E-state index < -0.39 is 6.10 Å². The standard InChI is InChI=1S/C25H34N2O2/c1-3-4-15-23(24(28)25(29)26-22-16-17-22)27(18-20-11-7-5-8-12-20)19(2)21-13-9-6-10-14-21/h5-14,19,22-24,28H,3-4,15-18H2,1-2H3,(H,26,29)/t19-,23-,24-/m0/s1. The molecule has 1 saturated carbocycles. The average molecular weight is 395 g/mol. The Bertz CT molecular complexity index is 746. The van der Waals surface area contributed by atoms with Gasteiger partial charge < -0.3 is 10.4 Å². The summed E-state index contributed by atoms with van der Waals surface area (Å²) in [5.74, 6) is -0.230. The topological polar surface area (TPSA) is 52.6 Å². The van der Waals surface area contributed by atoms with Gasteiger partial charge in [-0.25, -0.2) is 0 Å². The largest absolute Gasteiger partial charge is 0.382 e. The summed E-state index contributed by atoms with van der Waals surface area (Å²) in [6.07, 6.45) is 3.81. The zero-order valence-corrected chi connectivity index (χ0v) is 17.6. The molecule has 0 saturated heterocycles. The lowest BCUT2D eigenvalue weighted by Gasteiger charge is -2.39. The van der Waals surface area contributed by atoms with Crippen LogP contribution in [0.25, 0.3) is 0 Å². The molecule has 1 aliphatic rings. The summed E-state index contributed by atoms with van der Waals surface area (Å²) in [6, 6.07) is 20.8. The number of aliphatic hydroxyl groups is 1. The second-order valence-electron chi connectivity index (χ2n) is 8.18. The van der Waals surface area contributed by atoms with Crippen molar-refractivity contribution in [2.45, 2.75) is 76.7 Å². The van der Waals surface area contributed by atoms with Gasteiger partial charge in [0.1, 0.15) is 6.10 Å². The summed E-state index contributed by atoms with van der Waals surface area (Å²) >= 11 is 0. The third-order valence-electron chi connectivity index (χ3n) is 5.82. The van der Waals surface area contributed by atoms with Gasteiger partial charge in [0.05, 0.1) is 0 Å². The molecule has 1 fully saturated rings. The van der Waals surface area contributed by atoms with E-state index in [2.05, 4.69) is 48.3 Å². The van der Waals surface area contributed by atoms with Crippen LogP contribution < -0.4 is 5.32 Å². The van der Waals surface area contributed by atoms with Crippen LogP contribution in [0.4, 0.5) is 0 Å². The lowest BCUT2D eigenvalue weighted by molar-refractivity contribution is -0.134. The molecule has 29 heavy (non-hydrogen) atoms. The molecule has 1 amide bonds. The van der Waals surface area contributed by atoms with Gasteiger partial charge in [-0.1, -0.05) is 80.4 Å². The average Bonchev–Trinajstić information content (AvgIpc) is 3.57. The monoisotopic (exact) mass is 394 g/mol. The van der Waals surface area contributed by atoms with Crippen molar-refractivity contribution in [2.75, 3.05) is 0 Å². The Morgan fingerprint density at radius 1 is 1.10 bits per heavy atom. The van der Waals surface area contributed by atoms with Crippen molar-refractivity contribution in [2.24, 2.45) is 0 Å². The van der Waals surface area contributed by atoms with E-state index in [1.165, 1.54) is 11.1 Å². The number of carbonyl (C=O) groups excluding carboxylic acids is 1. The number of hydrogen-bond donors (Lipinski definition) is 2. The van der Waals surface area contributed by atoms with Crippen LogP contribution in [-0.4, -0.2) is 34.1 Å². The van der Waals surface area contributed by atoms with Crippen LogP contribution in [0.5, 0.6) is 0 Å². The number of amides is 1. The first kappa shape index (κ1) is 21.5. The normalized spacial score (nSPS) is 17.0. The minimum atomic E-state index is -1.03. The van der Waals surface area contributed by atoms with Crippen LogP contribution >= 0.6 is 0 Å². The van der Waals surface area contributed by atoms with E-state index in [0.29, 0.717) is 6.54 Å². The van der Waals surface area contributed by atoms with Gasteiger partial charge in [0, 0.05) is 24.7 Å². The minimum absolute atomic E-state index is 0.0848. The van der Waals surface area contributed by atoms with Crippen molar-refractivity contribution < 1.29 is 9.90 Å². The van der Waals surface area contributed by atoms with Gasteiger partial charge in [0.15, 0.2) is 0 Å². The highest BCUT2D eigenvalue weighted by Crippen LogP contribution is 2.29. The van der Waals surface area contributed by atoms with E-state index in [1.807, 2.05) is 36.4 Å². The van der Waals surface area contributed by atoms with E-state index >= 15 is 0 Å². The van der Waals surface area contributed by atoms with Crippen LogP contribution in [0.1, 0.15) is 63.1 Å². The molecule has 2 aromatic rings. The second-order valence-corrected chi connectivity index (χ2v) is 8.18. The first-order valence-corrected chi connectivity index (χ1v) is 10.9. The first-order chi connectivity index (χ1) is 14.1. The number of rotatable bonds is 11. The molecule has 2 N–H and O–H groups in total. The zero-order valence-electron chi connectivity index (χ0n) is 17.6. The summed E-state index contributed by atoms with van der Waals surface area (Å²) in [5.41, 5.74) is 2.38. The van der Waals surface area contributed by atoms with Gasteiger partial charge in [-0.15, -0.1) is 0 Å². The van der Waals surface area contributed by atoms with Crippen molar-refractivity contribution in [3.8, 4) is 0 Å². The molecule has 3 rings (SSSR count). The van der Waals surface area contributed by atoms with Gasteiger partial charge in [-0.2, -0.15) is 0 Å². The predicted molar refractivity (Wildman–Crippen MR) is 117 cm³/mol. The molecular weight excluding hydrogens is 360 g/mol. The van der Waals surface area contributed by atoms with Crippen LogP contribution in [-0.2, 0) is 11.3 Å². The van der Waals surface area contributed by atoms with Gasteiger partial charge >= 0.3 is 0 Å². The molecule has 4 nitrogen and oxygen atoms in total. The molecule has 0 bridgehead atoms. The Morgan fingerprint density at radius 2 is 1.72 bits per heavy atom. The lowest BCUT2D eigenvalue weighted by atomic mass is 9.96. The molecule has 3 atom stereocenters. The van der Waals surface area contributed by atoms with Gasteiger partial charge in [0.25, 0.3) is 5.91 Å². The molecule has 0 spiro atoms. The molecule has 0 aliphatic heterocycles. The van der Waals surface area contributed by atoms with Gasteiger partial charge in [-0.05, 0) is 37.3 Å². The number of benzene rings is 2. The number of aliphatic hydroxyl groups excluding tert-OH is 1. The highest BCUT2D eigenvalue weighted by atomic mass is 16.3. The maximum Gasteiger partial charge on any atom is 0.250 e. The molecule has 0 aromatic heterocycles. The van der Waals surface area contributed by atoms with Gasteiger partial charge in [0.2, 0.25) is 0 Å². The maximum atomic E-state index is 12.7. The minimum Gasteiger partial charge on any atom is -0.382 e. The fourth-order valence-corrected chi connectivity index (χ4v) is 3.87. The predicted octanol–water partition coefficient (Wildman–Crippen LogP) is 4.45. The molecular formula is C25H34N2O2. The van der Waals surface area contributed by atoms with Crippen molar-refractivity contribution in [3.63, 3.8) is 0 Å². The van der Waals surface area contributed by atoms with E-state index in [4.69, 9.17) is 0 Å². The number of hydrogen-bond acceptors (Lipinski definition) is 3. The zero-order chi connectivity index (χ0) is 20.6. The number of nitrogens with zero attached hydrogens (tertiary/aromatic N) is 1. The van der Waals surface area contributed by atoms with Crippen LogP contribution in [0.15, 0.2) is 60.7 Å². The number of unbranched alkanes of at least 4 members (excludes halogenated alkanes) is 1. The SMILES string of the molecule is CCCC[C@@H]([C@H](O)C(=O)NC1CC1)N(Cc1ccccc1)[C@@H](C)c1ccccc1. The molecule has 2 aromatic carbocycles. The van der Waals surface area contributed by atoms with Crippen molar-refractivity contribution >= 4 is 5.91 Å². The van der Waals surface area contributed by atoms with E-state index in [0.717, 1.165) is 32.1 Å². The van der Waals surface area contributed by atoms with Crippen molar-refractivity contribution in [1.82, 2.24) is 10.2 Å². The molecule has 0 unspecified atom stereocenters. The fourth-order valence-electron chi connectivity index (χ4n) is 3.87. The summed E-state index contributed by atoms with van der Waals surface area (Å²) in [6.45, 7) is 5.01. The van der Waals surface area contributed by atoms with Crippen LogP contribution in [0.3, 0.4) is 0 Å². The molecule has 0 radical (unpaired) electrons. The quantitative estimate of drug-likeness (QED) is 0.592. The molecule has 156 valence electrons. The Hall–Kier alpha value is -2.17. The molecule has 1 aliphatic carbocycles. The molecule has 4 heteroatoms. The Morgan fingerprint density at radius 3 is 2.31 bits per heavy atom. The summed E-state index contributed by atoms with van der Waals surface area (Å²) in [5, 5.41) is 14.1. The highest BCUT2D eigenvalue weighted by Gasteiger charge is 2.36. The highest BCUT2D eigenvalue weighted by molar-refractivity contribution is 5.81. The Kier molecular flexibility index (Phi) is 7.84. The second kappa shape index (κ2) is 10.6. The third kappa shape index (κ3) is 6.15. The summed E-state index contributed by atoms with van der Waals surface area (Å²) in [7, 11) is 0.